The second kappa shape index (κ2) is 11.0. The molecule has 11 heteroatoms. The van der Waals surface area contributed by atoms with Crippen LogP contribution in [-0.2, 0) is 27.2 Å². The van der Waals surface area contributed by atoms with Crippen molar-refractivity contribution in [2.24, 2.45) is 0 Å². The summed E-state index contributed by atoms with van der Waals surface area (Å²) >= 11 is 0. The van der Waals surface area contributed by atoms with E-state index in [9.17, 15) is 22.4 Å². The highest BCUT2D eigenvalue weighted by molar-refractivity contribution is 5.78. The first-order chi connectivity index (χ1) is 15.0. The second-order valence-electron chi connectivity index (χ2n) is 6.70. The van der Waals surface area contributed by atoms with Crippen molar-refractivity contribution in [1.29, 1.82) is 0 Å². The summed E-state index contributed by atoms with van der Waals surface area (Å²) < 4.78 is 63.5. The number of carbonyl (C=O) groups excluding carboxylic acids is 1. The summed E-state index contributed by atoms with van der Waals surface area (Å²) in [6, 6.07) is 3.76. The lowest BCUT2D eigenvalue weighted by Crippen LogP contribution is -2.27. The van der Waals surface area contributed by atoms with Crippen LogP contribution in [0.1, 0.15) is 41.5 Å². The number of aromatic nitrogens is 2. The molecule has 0 radical (unpaired) electrons. The molecule has 0 aliphatic carbocycles. The molecule has 31 heavy (non-hydrogen) atoms. The molecule has 0 atom stereocenters. The second-order valence-corrected chi connectivity index (χ2v) is 6.70. The first-order valence-electron chi connectivity index (χ1n) is 9.70. The van der Waals surface area contributed by atoms with E-state index in [0.29, 0.717) is 24.5 Å². The fourth-order valence-corrected chi connectivity index (χ4v) is 3.08. The number of alkyl halides is 3. The monoisotopic (exact) mass is 442 g/mol. The molecule has 1 saturated heterocycles. The van der Waals surface area contributed by atoms with Crippen molar-refractivity contribution in [2.45, 2.75) is 32.1 Å². The minimum Gasteiger partial charge on any atom is -0.365 e. The number of anilines is 1. The first kappa shape index (κ1) is 22.9. The Morgan fingerprint density at radius 2 is 2.00 bits per heavy atom. The first-order valence-corrected chi connectivity index (χ1v) is 9.70. The molecule has 2 aromatic rings. The van der Waals surface area contributed by atoms with Gasteiger partial charge >= 0.3 is 0 Å². The third kappa shape index (κ3) is 5.88. The molecule has 3 rings (SSSR count). The fraction of sp³-hybridized carbons (Fsp3) is 0.450. The number of amides is 1. The Kier molecular flexibility index (Phi) is 8.13. The van der Waals surface area contributed by atoms with E-state index in [2.05, 4.69) is 20.6 Å². The van der Waals surface area contributed by atoms with Crippen LogP contribution in [0.25, 0.3) is 0 Å². The SMILES string of the molecule is O=C(Cc1ncnc(NCc2cccc(C(F)F)c2F)c1C1OCCO1)NCCCF. The summed E-state index contributed by atoms with van der Waals surface area (Å²) in [5, 5.41) is 5.49. The van der Waals surface area contributed by atoms with Crippen LogP contribution in [-0.4, -0.2) is 42.3 Å². The third-order valence-electron chi connectivity index (χ3n) is 4.57. The van der Waals surface area contributed by atoms with Gasteiger partial charge in [-0.05, 0) is 6.42 Å². The van der Waals surface area contributed by atoms with Gasteiger partial charge in [-0.15, -0.1) is 0 Å². The number of nitrogens with zero attached hydrogens (tertiary/aromatic N) is 2. The Morgan fingerprint density at radius 1 is 1.23 bits per heavy atom. The van der Waals surface area contributed by atoms with E-state index < -0.39 is 30.8 Å². The summed E-state index contributed by atoms with van der Waals surface area (Å²) in [6.07, 6.45) is -2.48. The normalized spacial score (nSPS) is 14.2. The molecule has 1 amide bonds. The van der Waals surface area contributed by atoms with Gasteiger partial charge in [-0.1, -0.05) is 18.2 Å². The maximum absolute atomic E-state index is 14.3. The number of hydrogen-bond donors (Lipinski definition) is 2. The van der Waals surface area contributed by atoms with Gasteiger partial charge in [0, 0.05) is 18.7 Å². The Labute approximate surface area is 176 Å². The molecule has 1 aliphatic heterocycles. The van der Waals surface area contributed by atoms with Crippen molar-refractivity contribution < 1.29 is 31.8 Å². The molecule has 1 aromatic carbocycles. The third-order valence-corrected chi connectivity index (χ3v) is 4.57. The largest absolute Gasteiger partial charge is 0.365 e. The highest BCUT2D eigenvalue weighted by Gasteiger charge is 2.27. The zero-order valence-electron chi connectivity index (χ0n) is 16.5. The van der Waals surface area contributed by atoms with Crippen molar-refractivity contribution >= 4 is 11.7 Å². The van der Waals surface area contributed by atoms with Crippen LogP contribution in [0.3, 0.4) is 0 Å². The van der Waals surface area contributed by atoms with E-state index in [1.54, 1.807) is 0 Å². The standard InChI is InChI=1S/C20H22F4N4O3/c21-5-2-6-25-15(29)9-14-16(20-30-7-8-31-20)19(28-11-27-14)26-10-12-3-1-4-13(17(12)22)18(23)24/h1,3-4,11,18,20H,2,5-10H2,(H,25,29)(H,26,27,28). The minimum atomic E-state index is -2.93. The van der Waals surface area contributed by atoms with Gasteiger partial charge in [0.05, 0.1) is 43.1 Å². The lowest BCUT2D eigenvalue weighted by atomic mass is 10.1. The van der Waals surface area contributed by atoms with Crippen LogP contribution in [0, 0.1) is 5.82 Å². The summed E-state index contributed by atoms with van der Waals surface area (Å²) in [4.78, 5) is 20.5. The lowest BCUT2D eigenvalue weighted by Gasteiger charge is -2.18. The molecule has 0 bridgehead atoms. The van der Waals surface area contributed by atoms with Gasteiger partial charge in [0.15, 0.2) is 6.29 Å². The molecule has 1 fully saturated rings. The molecule has 7 nitrogen and oxygen atoms in total. The van der Waals surface area contributed by atoms with Crippen LogP contribution >= 0.6 is 0 Å². The number of ether oxygens (including phenoxy) is 2. The van der Waals surface area contributed by atoms with Crippen molar-refractivity contribution in [2.75, 3.05) is 31.7 Å². The van der Waals surface area contributed by atoms with Crippen LogP contribution in [0.2, 0.25) is 0 Å². The number of rotatable bonds is 10. The van der Waals surface area contributed by atoms with E-state index in [0.717, 1.165) is 6.07 Å². The zero-order valence-corrected chi connectivity index (χ0v) is 16.5. The number of nitrogens with one attached hydrogen (secondary N) is 2. The predicted molar refractivity (Wildman–Crippen MR) is 103 cm³/mol. The number of hydrogen-bond acceptors (Lipinski definition) is 6. The van der Waals surface area contributed by atoms with Gasteiger partial charge in [-0.2, -0.15) is 0 Å². The number of halogens is 4. The molecule has 0 saturated carbocycles. The van der Waals surface area contributed by atoms with E-state index in [1.807, 2.05) is 0 Å². The molecule has 2 heterocycles. The van der Waals surface area contributed by atoms with Crippen LogP contribution < -0.4 is 10.6 Å². The molecular formula is C20H22F4N4O3. The maximum Gasteiger partial charge on any atom is 0.266 e. The average molecular weight is 442 g/mol. The quantitative estimate of drug-likeness (QED) is 0.434. The summed E-state index contributed by atoms with van der Waals surface area (Å²) in [5.74, 6) is -1.13. The summed E-state index contributed by atoms with van der Waals surface area (Å²) in [7, 11) is 0. The van der Waals surface area contributed by atoms with Gasteiger partial charge in [0.1, 0.15) is 18.0 Å². The fourth-order valence-electron chi connectivity index (χ4n) is 3.08. The molecular weight excluding hydrogens is 420 g/mol. The van der Waals surface area contributed by atoms with Gasteiger partial charge in [-0.25, -0.2) is 23.1 Å². The van der Waals surface area contributed by atoms with Crippen molar-refractivity contribution in [3.63, 3.8) is 0 Å². The van der Waals surface area contributed by atoms with Gasteiger partial charge in [0.25, 0.3) is 6.43 Å². The van der Waals surface area contributed by atoms with E-state index in [4.69, 9.17) is 9.47 Å². The number of carbonyl (C=O) groups is 1. The molecule has 1 aliphatic rings. The maximum atomic E-state index is 14.3. The number of benzene rings is 1. The molecule has 2 N–H and O–H groups in total. The Hall–Kier alpha value is -2.79. The average Bonchev–Trinajstić information content (AvgIpc) is 3.27. The topological polar surface area (TPSA) is 85.4 Å². The highest BCUT2D eigenvalue weighted by atomic mass is 19.3. The smallest absolute Gasteiger partial charge is 0.266 e. The van der Waals surface area contributed by atoms with E-state index in [-0.39, 0.29) is 43.2 Å². The molecule has 0 unspecified atom stereocenters. The van der Waals surface area contributed by atoms with E-state index in [1.165, 1.54) is 18.5 Å². The lowest BCUT2D eigenvalue weighted by molar-refractivity contribution is -0.120. The summed E-state index contributed by atoms with van der Waals surface area (Å²) in [5.41, 5.74) is 0.0338. The zero-order chi connectivity index (χ0) is 22.2. The molecule has 168 valence electrons. The van der Waals surface area contributed by atoms with Crippen LogP contribution in [0.5, 0.6) is 0 Å². The minimum absolute atomic E-state index is 0.0288. The van der Waals surface area contributed by atoms with Gasteiger partial charge in [0.2, 0.25) is 5.91 Å². The van der Waals surface area contributed by atoms with Crippen molar-refractivity contribution in [1.82, 2.24) is 15.3 Å². The Bertz CT molecular complexity index is 895. The van der Waals surface area contributed by atoms with Crippen molar-refractivity contribution in [3.05, 3.63) is 52.7 Å². The Morgan fingerprint density at radius 3 is 2.71 bits per heavy atom. The Balaban J connectivity index is 1.81. The summed E-state index contributed by atoms with van der Waals surface area (Å²) in [6.45, 7) is 0.168. The van der Waals surface area contributed by atoms with Crippen molar-refractivity contribution in [3.8, 4) is 0 Å². The molecule has 0 spiro atoms. The molecule has 1 aromatic heterocycles. The van der Waals surface area contributed by atoms with Crippen LogP contribution in [0.4, 0.5) is 23.4 Å². The predicted octanol–water partition coefficient (Wildman–Crippen LogP) is 3.23. The van der Waals surface area contributed by atoms with Gasteiger partial charge in [-0.3, -0.25) is 9.18 Å². The van der Waals surface area contributed by atoms with Crippen LogP contribution in [0.15, 0.2) is 24.5 Å². The highest BCUT2D eigenvalue weighted by Crippen LogP contribution is 2.31. The van der Waals surface area contributed by atoms with E-state index >= 15 is 0 Å². The van der Waals surface area contributed by atoms with Gasteiger partial charge < -0.3 is 20.1 Å².